The molecular formula is C9H11NO2. The van der Waals surface area contributed by atoms with E-state index >= 15 is 0 Å². The van der Waals surface area contributed by atoms with Crippen molar-refractivity contribution in [1.82, 2.24) is 0 Å². The Hall–Kier alpha value is -1.14. The van der Waals surface area contributed by atoms with Crippen LogP contribution in [0.1, 0.15) is 19.3 Å². The smallest absolute Gasteiger partial charge is 0.159 e. The molecule has 0 radical (unpaired) electrons. The summed E-state index contributed by atoms with van der Waals surface area (Å²) < 4.78 is 5.08. The fraction of sp³-hybridized carbons (Fsp3) is 0.556. The number of carbonyl (C=O) groups excluding carboxylic acids is 1. The summed E-state index contributed by atoms with van der Waals surface area (Å²) in [6.45, 7) is 0. The van der Waals surface area contributed by atoms with Crippen LogP contribution >= 0.6 is 0 Å². The minimum Gasteiger partial charge on any atom is -0.377 e. The molecule has 1 atom stereocenters. The van der Waals surface area contributed by atoms with Crippen LogP contribution in [0.2, 0.25) is 0 Å². The van der Waals surface area contributed by atoms with Crippen molar-refractivity contribution in [2.75, 3.05) is 7.11 Å². The Morgan fingerprint density at radius 3 is 3.17 bits per heavy atom. The molecule has 0 fully saturated rings. The number of allylic oxidation sites excluding steroid dienone is 1. The Balaban J connectivity index is 2.71. The maximum atomic E-state index is 11.2. The van der Waals surface area contributed by atoms with Crippen LogP contribution in [0.25, 0.3) is 0 Å². The third kappa shape index (κ3) is 1.93. The molecular weight excluding hydrogens is 154 g/mol. The summed E-state index contributed by atoms with van der Waals surface area (Å²) in [4.78, 5) is 11.2. The van der Waals surface area contributed by atoms with Crippen molar-refractivity contribution in [3.63, 3.8) is 0 Å². The zero-order valence-electron chi connectivity index (χ0n) is 7.04. The first-order chi connectivity index (χ1) is 5.77. The number of nitriles is 1. The van der Waals surface area contributed by atoms with E-state index in [4.69, 9.17) is 10.00 Å². The molecule has 0 bridgehead atoms. The normalized spacial score (nSPS) is 23.2. The third-order valence-electron chi connectivity index (χ3n) is 1.97. The number of ether oxygens (including phenoxy) is 1. The molecule has 1 unspecified atom stereocenters. The van der Waals surface area contributed by atoms with Gasteiger partial charge in [0.05, 0.1) is 18.6 Å². The van der Waals surface area contributed by atoms with Crippen molar-refractivity contribution in [2.45, 2.75) is 25.4 Å². The molecule has 0 spiro atoms. The van der Waals surface area contributed by atoms with Gasteiger partial charge in [0, 0.05) is 19.1 Å². The van der Waals surface area contributed by atoms with E-state index < -0.39 is 0 Å². The lowest BCUT2D eigenvalue weighted by molar-refractivity contribution is -0.116. The van der Waals surface area contributed by atoms with Gasteiger partial charge in [-0.15, -0.1) is 0 Å². The second kappa shape index (κ2) is 4.03. The maximum Gasteiger partial charge on any atom is 0.159 e. The highest BCUT2D eigenvalue weighted by atomic mass is 16.5. The van der Waals surface area contributed by atoms with Crippen molar-refractivity contribution in [3.05, 3.63) is 11.6 Å². The summed E-state index contributed by atoms with van der Waals surface area (Å²) in [7, 11) is 1.61. The van der Waals surface area contributed by atoms with Gasteiger partial charge in [-0.1, -0.05) is 0 Å². The number of ketones is 1. The molecule has 0 aromatic rings. The number of rotatable bonds is 2. The lowest BCUT2D eigenvalue weighted by Crippen LogP contribution is -2.18. The molecule has 12 heavy (non-hydrogen) atoms. The van der Waals surface area contributed by atoms with Gasteiger partial charge >= 0.3 is 0 Å². The third-order valence-corrected chi connectivity index (χ3v) is 1.97. The highest BCUT2D eigenvalue weighted by molar-refractivity contribution is 5.96. The predicted molar refractivity (Wildman–Crippen MR) is 43.4 cm³/mol. The van der Waals surface area contributed by atoms with Gasteiger partial charge in [0.1, 0.15) is 0 Å². The molecule has 0 aliphatic heterocycles. The van der Waals surface area contributed by atoms with Crippen molar-refractivity contribution < 1.29 is 9.53 Å². The lowest BCUT2D eigenvalue weighted by Gasteiger charge is -2.17. The Morgan fingerprint density at radius 2 is 2.58 bits per heavy atom. The molecule has 1 aliphatic carbocycles. The van der Waals surface area contributed by atoms with Crippen LogP contribution in [0, 0.1) is 11.3 Å². The molecule has 3 nitrogen and oxygen atoms in total. The van der Waals surface area contributed by atoms with E-state index in [1.807, 2.05) is 6.07 Å². The summed E-state index contributed by atoms with van der Waals surface area (Å²) in [5.74, 6) is 0.0878. The fourth-order valence-corrected chi connectivity index (χ4v) is 1.26. The predicted octanol–water partition coefficient (Wildman–Crippen LogP) is 1.20. The summed E-state index contributed by atoms with van der Waals surface area (Å²) in [5, 5.41) is 8.41. The van der Waals surface area contributed by atoms with E-state index in [-0.39, 0.29) is 18.3 Å². The Kier molecular flexibility index (Phi) is 3.01. The van der Waals surface area contributed by atoms with E-state index in [2.05, 4.69) is 0 Å². The average Bonchev–Trinajstić information content (AvgIpc) is 2.09. The van der Waals surface area contributed by atoms with Crippen LogP contribution in [0.3, 0.4) is 0 Å². The van der Waals surface area contributed by atoms with Gasteiger partial charge in [-0.2, -0.15) is 5.26 Å². The van der Waals surface area contributed by atoms with E-state index in [0.29, 0.717) is 12.0 Å². The number of Topliss-reactive ketones (excluding diaryl/α,β-unsaturated/α-hetero) is 1. The van der Waals surface area contributed by atoms with Gasteiger partial charge < -0.3 is 4.74 Å². The summed E-state index contributed by atoms with van der Waals surface area (Å²) >= 11 is 0. The monoisotopic (exact) mass is 165 g/mol. The second-order valence-corrected chi connectivity index (χ2v) is 2.76. The topological polar surface area (TPSA) is 50.1 Å². The van der Waals surface area contributed by atoms with Gasteiger partial charge in [-0.25, -0.2) is 0 Å². The molecule has 0 aromatic heterocycles. The molecule has 0 heterocycles. The summed E-state index contributed by atoms with van der Waals surface area (Å²) in [6, 6.07) is 1.97. The highest BCUT2D eigenvalue weighted by Gasteiger charge is 2.19. The van der Waals surface area contributed by atoms with Crippen molar-refractivity contribution >= 4 is 5.78 Å². The van der Waals surface area contributed by atoms with Crippen LogP contribution in [-0.2, 0) is 9.53 Å². The Morgan fingerprint density at radius 1 is 1.83 bits per heavy atom. The Bertz CT molecular complexity index is 250. The molecule has 0 N–H and O–H groups in total. The van der Waals surface area contributed by atoms with E-state index in [1.165, 1.54) is 0 Å². The van der Waals surface area contributed by atoms with Crippen molar-refractivity contribution in [3.8, 4) is 6.07 Å². The quantitative estimate of drug-likeness (QED) is 0.617. The maximum absolute atomic E-state index is 11.2. The second-order valence-electron chi connectivity index (χ2n) is 2.76. The molecule has 1 aliphatic rings. The zero-order chi connectivity index (χ0) is 8.97. The van der Waals surface area contributed by atoms with Gasteiger partial charge in [-0.3, -0.25) is 4.79 Å². The molecule has 0 saturated carbocycles. The van der Waals surface area contributed by atoms with Crippen LogP contribution in [0.15, 0.2) is 11.6 Å². The van der Waals surface area contributed by atoms with Crippen LogP contribution in [0.5, 0.6) is 0 Å². The van der Waals surface area contributed by atoms with E-state index in [9.17, 15) is 4.79 Å². The Labute approximate surface area is 71.6 Å². The van der Waals surface area contributed by atoms with Gasteiger partial charge in [0.25, 0.3) is 0 Å². The fourth-order valence-electron chi connectivity index (χ4n) is 1.26. The molecule has 0 amide bonds. The van der Waals surface area contributed by atoms with E-state index in [1.54, 1.807) is 13.2 Å². The molecule has 0 saturated heterocycles. The zero-order valence-corrected chi connectivity index (χ0v) is 7.04. The largest absolute Gasteiger partial charge is 0.377 e. The van der Waals surface area contributed by atoms with Gasteiger partial charge in [0.2, 0.25) is 0 Å². The van der Waals surface area contributed by atoms with Gasteiger partial charge in [-0.05, 0) is 12.5 Å². The minimum absolute atomic E-state index is 0.0195. The first-order valence-corrected chi connectivity index (χ1v) is 3.91. The number of hydrogen-bond donors (Lipinski definition) is 0. The first kappa shape index (κ1) is 8.95. The number of methoxy groups -OCH3 is 1. The van der Waals surface area contributed by atoms with Crippen LogP contribution < -0.4 is 0 Å². The van der Waals surface area contributed by atoms with Crippen LogP contribution in [0.4, 0.5) is 0 Å². The average molecular weight is 165 g/mol. The van der Waals surface area contributed by atoms with E-state index in [0.717, 1.165) is 6.42 Å². The van der Waals surface area contributed by atoms with Crippen molar-refractivity contribution in [2.24, 2.45) is 0 Å². The van der Waals surface area contributed by atoms with Gasteiger partial charge in [0.15, 0.2) is 5.78 Å². The number of hydrogen-bond acceptors (Lipinski definition) is 3. The van der Waals surface area contributed by atoms with Crippen LogP contribution in [-0.4, -0.2) is 19.0 Å². The lowest BCUT2D eigenvalue weighted by atomic mass is 9.94. The summed E-state index contributed by atoms with van der Waals surface area (Å²) in [6.07, 6.45) is 3.23. The molecule has 3 heteroatoms. The molecule has 0 aromatic carbocycles. The SMILES string of the molecule is COC1C=C(CC#N)C(=O)CC1. The summed E-state index contributed by atoms with van der Waals surface area (Å²) in [5.41, 5.74) is 0.607. The van der Waals surface area contributed by atoms with Crippen molar-refractivity contribution in [1.29, 1.82) is 5.26 Å². The highest BCUT2D eigenvalue weighted by Crippen LogP contribution is 2.18. The number of nitrogens with zero attached hydrogens (tertiary/aromatic N) is 1. The molecule has 64 valence electrons. The standard InChI is InChI=1S/C9H11NO2/c1-12-8-2-3-9(11)7(6-8)4-5-10/h6,8H,2-4H2,1H3. The first-order valence-electron chi connectivity index (χ1n) is 3.91. The molecule has 1 rings (SSSR count). The number of carbonyl (C=O) groups is 1. The minimum atomic E-state index is 0.0195.